The molecule has 2 unspecified atom stereocenters. The molecule has 2 atom stereocenters. The first kappa shape index (κ1) is 16.0. The first-order valence-corrected chi connectivity index (χ1v) is 8.77. The SMILES string of the molecule is CC(O)c1cccc(OCC(=O)N2CCCC2c2cccs2)c1. The number of carbonyl (C=O) groups excluding carboxylic acids is 1. The molecule has 0 spiro atoms. The highest BCUT2D eigenvalue weighted by Crippen LogP contribution is 2.34. The van der Waals surface area contributed by atoms with Crippen molar-refractivity contribution in [2.75, 3.05) is 13.2 Å². The zero-order valence-corrected chi connectivity index (χ0v) is 14.0. The largest absolute Gasteiger partial charge is 0.484 e. The lowest BCUT2D eigenvalue weighted by Gasteiger charge is -2.24. The molecule has 0 radical (unpaired) electrons. The Morgan fingerprint density at radius 1 is 1.43 bits per heavy atom. The Balaban J connectivity index is 1.62. The van der Waals surface area contributed by atoms with E-state index in [2.05, 4.69) is 6.07 Å². The lowest BCUT2D eigenvalue weighted by atomic mass is 10.1. The van der Waals surface area contributed by atoms with Crippen molar-refractivity contribution in [2.45, 2.75) is 31.9 Å². The van der Waals surface area contributed by atoms with Gasteiger partial charge in [-0.15, -0.1) is 11.3 Å². The van der Waals surface area contributed by atoms with E-state index in [1.165, 1.54) is 4.88 Å². The molecule has 1 N–H and O–H groups in total. The van der Waals surface area contributed by atoms with Gasteiger partial charge in [0, 0.05) is 11.4 Å². The maximum Gasteiger partial charge on any atom is 0.261 e. The van der Waals surface area contributed by atoms with Gasteiger partial charge in [0.1, 0.15) is 5.75 Å². The van der Waals surface area contributed by atoms with Crippen LogP contribution in [0.1, 0.15) is 42.4 Å². The van der Waals surface area contributed by atoms with E-state index in [1.54, 1.807) is 30.4 Å². The second-order valence-corrected chi connectivity index (χ2v) is 6.78. The highest BCUT2D eigenvalue weighted by molar-refractivity contribution is 7.10. The van der Waals surface area contributed by atoms with E-state index in [9.17, 15) is 9.90 Å². The smallest absolute Gasteiger partial charge is 0.261 e. The normalized spacial score (nSPS) is 18.9. The third-order valence-electron chi connectivity index (χ3n) is 4.15. The number of aliphatic hydroxyl groups excluding tert-OH is 1. The molecular formula is C18H21NO3S. The standard InChI is InChI=1S/C18H21NO3S/c1-13(20)14-5-2-6-15(11-14)22-12-18(21)19-9-3-7-16(19)17-8-4-10-23-17/h2,4-6,8,10-11,13,16,20H,3,7,9,12H2,1H3. The Kier molecular flexibility index (Phi) is 4.98. The van der Waals surface area contributed by atoms with Gasteiger partial charge < -0.3 is 14.7 Å². The van der Waals surface area contributed by atoms with Crippen molar-refractivity contribution in [1.29, 1.82) is 0 Å². The molecule has 3 rings (SSSR count). The van der Waals surface area contributed by atoms with Gasteiger partial charge in [-0.2, -0.15) is 0 Å². The third kappa shape index (κ3) is 3.74. The van der Waals surface area contributed by atoms with E-state index in [4.69, 9.17) is 4.74 Å². The van der Waals surface area contributed by atoms with Crippen molar-refractivity contribution in [3.63, 3.8) is 0 Å². The van der Waals surface area contributed by atoms with E-state index in [0.29, 0.717) is 5.75 Å². The van der Waals surface area contributed by atoms with Crippen LogP contribution in [0.3, 0.4) is 0 Å². The summed E-state index contributed by atoms with van der Waals surface area (Å²) in [5.41, 5.74) is 0.785. The zero-order valence-electron chi connectivity index (χ0n) is 13.1. The predicted octanol–water partition coefficient (Wildman–Crippen LogP) is 3.54. The van der Waals surface area contributed by atoms with Crippen LogP contribution in [-0.4, -0.2) is 29.1 Å². The molecule has 1 amide bonds. The van der Waals surface area contributed by atoms with Crippen LogP contribution in [-0.2, 0) is 4.79 Å². The summed E-state index contributed by atoms with van der Waals surface area (Å²) in [6.45, 7) is 2.53. The average molecular weight is 331 g/mol. The summed E-state index contributed by atoms with van der Waals surface area (Å²) in [4.78, 5) is 15.7. The first-order valence-electron chi connectivity index (χ1n) is 7.89. The number of likely N-dealkylation sites (tertiary alicyclic amines) is 1. The molecule has 1 saturated heterocycles. The molecule has 1 aromatic carbocycles. The van der Waals surface area contributed by atoms with Crippen LogP contribution in [0.25, 0.3) is 0 Å². The minimum absolute atomic E-state index is 0.0170. The quantitative estimate of drug-likeness (QED) is 0.911. The Morgan fingerprint density at radius 3 is 3.04 bits per heavy atom. The second-order valence-electron chi connectivity index (χ2n) is 5.80. The fraction of sp³-hybridized carbons (Fsp3) is 0.389. The highest BCUT2D eigenvalue weighted by Gasteiger charge is 2.30. The fourth-order valence-corrected chi connectivity index (χ4v) is 3.81. The summed E-state index contributed by atoms with van der Waals surface area (Å²) in [6, 6.07) is 11.6. The average Bonchev–Trinajstić information content (AvgIpc) is 3.23. The van der Waals surface area contributed by atoms with E-state index < -0.39 is 6.10 Å². The van der Waals surface area contributed by atoms with Crippen molar-refractivity contribution >= 4 is 17.2 Å². The van der Waals surface area contributed by atoms with Crippen molar-refractivity contribution in [1.82, 2.24) is 4.90 Å². The summed E-state index contributed by atoms with van der Waals surface area (Å²) in [5, 5.41) is 11.7. The van der Waals surface area contributed by atoms with Crippen molar-refractivity contribution in [3.05, 3.63) is 52.2 Å². The first-order chi connectivity index (χ1) is 11.1. The van der Waals surface area contributed by atoms with E-state index in [0.717, 1.165) is 24.9 Å². The van der Waals surface area contributed by atoms with Gasteiger partial charge in [-0.05, 0) is 48.9 Å². The predicted molar refractivity (Wildman–Crippen MR) is 90.6 cm³/mol. The number of ether oxygens (including phenoxy) is 1. The number of aliphatic hydroxyl groups is 1. The molecule has 122 valence electrons. The number of benzene rings is 1. The topological polar surface area (TPSA) is 49.8 Å². The van der Waals surface area contributed by atoms with Crippen molar-refractivity contribution in [2.24, 2.45) is 0 Å². The van der Waals surface area contributed by atoms with Crippen LogP contribution in [0.2, 0.25) is 0 Å². The molecule has 0 aliphatic carbocycles. The van der Waals surface area contributed by atoms with Crippen molar-refractivity contribution in [3.8, 4) is 5.75 Å². The summed E-state index contributed by atoms with van der Waals surface area (Å²) in [5.74, 6) is 0.631. The lowest BCUT2D eigenvalue weighted by Crippen LogP contribution is -2.34. The van der Waals surface area contributed by atoms with Gasteiger partial charge >= 0.3 is 0 Å². The summed E-state index contributed by atoms with van der Waals surface area (Å²) in [6.07, 6.45) is 1.51. The van der Waals surface area contributed by atoms with Gasteiger partial charge in [0.05, 0.1) is 12.1 Å². The van der Waals surface area contributed by atoms with Crippen LogP contribution in [0.15, 0.2) is 41.8 Å². The summed E-state index contributed by atoms with van der Waals surface area (Å²) < 4.78 is 5.64. The third-order valence-corrected chi connectivity index (χ3v) is 5.12. The van der Waals surface area contributed by atoms with E-state index in [-0.39, 0.29) is 18.6 Å². The number of amides is 1. The lowest BCUT2D eigenvalue weighted by molar-refractivity contribution is -0.134. The Labute approximate surface area is 140 Å². The maximum atomic E-state index is 12.5. The van der Waals surface area contributed by atoms with Crippen LogP contribution < -0.4 is 4.74 Å². The van der Waals surface area contributed by atoms with E-state index >= 15 is 0 Å². The molecule has 1 aliphatic heterocycles. The molecule has 23 heavy (non-hydrogen) atoms. The Hall–Kier alpha value is -1.85. The number of thiophene rings is 1. The number of hydrogen-bond acceptors (Lipinski definition) is 4. The molecular weight excluding hydrogens is 310 g/mol. The molecule has 0 saturated carbocycles. The zero-order chi connectivity index (χ0) is 16.2. The molecule has 1 aliphatic rings. The molecule has 1 aromatic heterocycles. The number of hydrogen-bond donors (Lipinski definition) is 1. The highest BCUT2D eigenvalue weighted by atomic mass is 32.1. The number of nitrogens with zero attached hydrogens (tertiary/aromatic N) is 1. The van der Waals surface area contributed by atoms with Gasteiger partial charge in [0.15, 0.2) is 6.61 Å². The van der Waals surface area contributed by atoms with Crippen LogP contribution in [0, 0.1) is 0 Å². The minimum Gasteiger partial charge on any atom is -0.484 e. The maximum absolute atomic E-state index is 12.5. The van der Waals surface area contributed by atoms with Crippen LogP contribution in [0.5, 0.6) is 5.75 Å². The summed E-state index contributed by atoms with van der Waals surface area (Å²) >= 11 is 1.70. The van der Waals surface area contributed by atoms with E-state index in [1.807, 2.05) is 28.5 Å². The molecule has 5 heteroatoms. The van der Waals surface area contributed by atoms with Crippen LogP contribution >= 0.6 is 11.3 Å². The number of carbonyl (C=O) groups is 1. The van der Waals surface area contributed by atoms with Gasteiger partial charge in [-0.3, -0.25) is 4.79 Å². The van der Waals surface area contributed by atoms with Crippen LogP contribution in [0.4, 0.5) is 0 Å². The Morgan fingerprint density at radius 2 is 2.30 bits per heavy atom. The Bertz CT molecular complexity index is 654. The van der Waals surface area contributed by atoms with Gasteiger partial charge in [-0.1, -0.05) is 18.2 Å². The van der Waals surface area contributed by atoms with Crippen molar-refractivity contribution < 1.29 is 14.6 Å². The van der Waals surface area contributed by atoms with Gasteiger partial charge in [0.25, 0.3) is 5.91 Å². The minimum atomic E-state index is -0.545. The monoisotopic (exact) mass is 331 g/mol. The second kappa shape index (κ2) is 7.15. The molecule has 1 fully saturated rings. The summed E-state index contributed by atoms with van der Waals surface area (Å²) in [7, 11) is 0. The number of rotatable bonds is 5. The molecule has 2 aromatic rings. The molecule has 4 nitrogen and oxygen atoms in total. The fourth-order valence-electron chi connectivity index (χ4n) is 2.93. The molecule has 0 bridgehead atoms. The van der Waals surface area contributed by atoms with Gasteiger partial charge in [-0.25, -0.2) is 0 Å². The molecule has 2 heterocycles. The van der Waals surface area contributed by atoms with Gasteiger partial charge in [0.2, 0.25) is 0 Å².